The Morgan fingerprint density at radius 3 is 3.06 bits per heavy atom. The lowest BCUT2D eigenvalue weighted by molar-refractivity contribution is 0.0712. The van der Waals surface area contributed by atoms with E-state index in [9.17, 15) is 4.79 Å². The molecule has 1 saturated heterocycles. The molecule has 0 aromatic carbocycles. The fourth-order valence-electron chi connectivity index (χ4n) is 1.94. The second-order valence-electron chi connectivity index (χ2n) is 4.26. The molecule has 1 aliphatic heterocycles. The van der Waals surface area contributed by atoms with Crippen molar-refractivity contribution in [3.05, 3.63) is 21.9 Å². The number of ether oxygens (including phenoxy) is 1. The van der Waals surface area contributed by atoms with Gasteiger partial charge in [0.1, 0.15) is 0 Å². The number of thiophene rings is 1. The second kappa shape index (κ2) is 4.97. The van der Waals surface area contributed by atoms with Crippen molar-refractivity contribution in [3.8, 4) is 0 Å². The quantitative estimate of drug-likeness (QED) is 0.879. The van der Waals surface area contributed by atoms with Crippen molar-refractivity contribution >= 4 is 17.2 Å². The fraction of sp³-hybridized carbons (Fsp3) is 0.583. The Balaban J connectivity index is 1.91. The number of aryl methyl sites for hydroxylation is 1. The van der Waals surface area contributed by atoms with E-state index in [0.717, 1.165) is 29.9 Å². The van der Waals surface area contributed by atoms with Crippen LogP contribution in [0, 0.1) is 6.92 Å². The summed E-state index contributed by atoms with van der Waals surface area (Å²) in [4.78, 5) is 13.0. The van der Waals surface area contributed by atoms with E-state index in [1.807, 2.05) is 25.3 Å². The molecule has 1 aliphatic rings. The zero-order chi connectivity index (χ0) is 11.5. The van der Waals surface area contributed by atoms with E-state index >= 15 is 0 Å². The molecular weight excluding hydrogens is 222 g/mol. The van der Waals surface area contributed by atoms with Crippen LogP contribution in [0.25, 0.3) is 0 Å². The zero-order valence-corrected chi connectivity index (χ0v) is 10.5. The van der Waals surface area contributed by atoms with Crippen LogP contribution in [-0.4, -0.2) is 24.7 Å². The normalized spacial score (nSPS) is 22.0. The van der Waals surface area contributed by atoms with Gasteiger partial charge >= 0.3 is 0 Å². The number of hydrogen-bond acceptors (Lipinski definition) is 3. The molecule has 0 spiro atoms. The Morgan fingerprint density at radius 1 is 1.69 bits per heavy atom. The smallest absolute Gasteiger partial charge is 0.252 e. The van der Waals surface area contributed by atoms with Crippen molar-refractivity contribution in [2.45, 2.75) is 38.8 Å². The van der Waals surface area contributed by atoms with Crippen LogP contribution in [0.5, 0.6) is 0 Å². The predicted octanol–water partition coefficient (Wildman–Crippen LogP) is 2.35. The number of amides is 1. The minimum absolute atomic E-state index is 0.00681. The van der Waals surface area contributed by atoms with Crippen LogP contribution < -0.4 is 5.32 Å². The van der Waals surface area contributed by atoms with Crippen molar-refractivity contribution in [1.29, 1.82) is 0 Å². The summed E-state index contributed by atoms with van der Waals surface area (Å²) in [5.41, 5.74) is 0.757. The number of carbonyl (C=O) groups is 1. The van der Waals surface area contributed by atoms with E-state index in [-0.39, 0.29) is 18.1 Å². The van der Waals surface area contributed by atoms with Gasteiger partial charge in [0, 0.05) is 16.9 Å². The topological polar surface area (TPSA) is 38.3 Å². The van der Waals surface area contributed by atoms with Crippen molar-refractivity contribution in [2.24, 2.45) is 0 Å². The monoisotopic (exact) mass is 239 g/mol. The molecule has 0 unspecified atom stereocenters. The van der Waals surface area contributed by atoms with Crippen molar-refractivity contribution in [2.75, 3.05) is 6.61 Å². The first-order valence-corrected chi connectivity index (χ1v) is 6.52. The molecule has 0 aliphatic carbocycles. The summed E-state index contributed by atoms with van der Waals surface area (Å²) in [5.74, 6) is 0.00681. The lowest BCUT2D eigenvalue weighted by Gasteiger charge is -2.19. The highest BCUT2D eigenvalue weighted by Gasteiger charge is 2.24. The number of carbonyl (C=O) groups excluding carboxylic acids is 1. The summed E-state index contributed by atoms with van der Waals surface area (Å²) < 4.78 is 5.54. The summed E-state index contributed by atoms with van der Waals surface area (Å²) in [5, 5.41) is 4.89. The molecule has 1 N–H and O–H groups in total. The molecule has 2 rings (SSSR count). The lowest BCUT2D eigenvalue weighted by atomic mass is 10.1. The molecule has 1 aromatic rings. The lowest BCUT2D eigenvalue weighted by Crippen LogP contribution is -2.40. The third kappa shape index (κ3) is 2.62. The molecule has 88 valence electrons. The third-order valence-corrected chi connectivity index (χ3v) is 3.74. The standard InChI is InChI=1S/C12H17NO2S/c1-8-6-10(7-16-8)12(14)13-9(2)11-4-3-5-15-11/h6-7,9,11H,3-5H2,1-2H3,(H,13,14)/t9-,11-/m0/s1. The van der Waals surface area contributed by atoms with E-state index in [2.05, 4.69) is 5.32 Å². The van der Waals surface area contributed by atoms with Crippen LogP contribution in [0.2, 0.25) is 0 Å². The Bertz CT molecular complexity index is 369. The molecule has 1 aromatic heterocycles. The minimum atomic E-state index is 0.00681. The molecule has 0 bridgehead atoms. The Labute approximate surface area is 99.8 Å². The van der Waals surface area contributed by atoms with E-state index < -0.39 is 0 Å². The summed E-state index contributed by atoms with van der Waals surface area (Å²) >= 11 is 1.60. The third-order valence-electron chi connectivity index (χ3n) is 2.87. The molecule has 16 heavy (non-hydrogen) atoms. The summed E-state index contributed by atoms with van der Waals surface area (Å²) in [6.07, 6.45) is 2.33. The Kier molecular flexibility index (Phi) is 3.61. The van der Waals surface area contributed by atoms with E-state index in [1.165, 1.54) is 0 Å². The van der Waals surface area contributed by atoms with Crippen LogP contribution in [0.4, 0.5) is 0 Å². The van der Waals surface area contributed by atoms with Crippen LogP contribution in [0.3, 0.4) is 0 Å². The molecule has 2 heterocycles. The maximum absolute atomic E-state index is 11.9. The second-order valence-corrected chi connectivity index (χ2v) is 5.37. The first kappa shape index (κ1) is 11.6. The molecule has 0 saturated carbocycles. The van der Waals surface area contributed by atoms with E-state index in [1.54, 1.807) is 11.3 Å². The minimum Gasteiger partial charge on any atom is -0.376 e. The average Bonchev–Trinajstić information content (AvgIpc) is 2.87. The van der Waals surface area contributed by atoms with Gasteiger partial charge in [0.05, 0.1) is 17.7 Å². The Morgan fingerprint density at radius 2 is 2.50 bits per heavy atom. The molecule has 4 heteroatoms. The highest BCUT2D eigenvalue weighted by molar-refractivity contribution is 7.10. The van der Waals surface area contributed by atoms with Crippen molar-refractivity contribution in [1.82, 2.24) is 5.32 Å². The number of hydrogen-bond donors (Lipinski definition) is 1. The highest BCUT2D eigenvalue weighted by Crippen LogP contribution is 2.17. The first-order chi connectivity index (χ1) is 7.66. The van der Waals surface area contributed by atoms with Crippen LogP contribution in [0.15, 0.2) is 11.4 Å². The molecule has 1 fully saturated rings. The molecular formula is C12H17NO2S. The van der Waals surface area contributed by atoms with Crippen molar-refractivity contribution < 1.29 is 9.53 Å². The van der Waals surface area contributed by atoms with Gasteiger partial charge in [-0.2, -0.15) is 0 Å². The molecule has 3 nitrogen and oxygen atoms in total. The van der Waals surface area contributed by atoms with Gasteiger partial charge in [-0.05, 0) is 32.8 Å². The van der Waals surface area contributed by atoms with Crippen LogP contribution in [0.1, 0.15) is 35.0 Å². The predicted molar refractivity (Wildman–Crippen MR) is 65.0 cm³/mol. The summed E-state index contributed by atoms with van der Waals surface area (Å²) in [7, 11) is 0. The van der Waals surface area contributed by atoms with Gasteiger partial charge in [-0.15, -0.1) is 11.3 Å². The van der Waals surface area contributed by atoms with Crippen molar-refractivity contribution in [3.63, 3.8) is 0 Å². The molecule has 1 amide bonds. The number of nitrogens with one attached hydrogen (secondary N) is 1. The largest absolute Gasteiger partial charge is 0.376 e. The van der Waals surface area contributed by atoms with Gasteiger partial charge in [-0.1, -0.05) is 0 Å². The van der Waals surface area contributed by atoms with Gasteiger partial charge in [0.15, 0.2) is 0 Å². The van der Waals surface area contributed by atoms with Gasteiger partial charge in [0.25, 0.3) is 5.91 Å². The van der Waals surface area contributed by atoms with Gasteiger partial charge in [0.2, 0.25) is 0 Å². The van der Waals surface area contributed by atoms with Gasteiger partial charge in [-0.25, -0.2) is 0 Å². The SMILES string of the molecule is Cc1cc(C(=O)N[C@@H](C)[C@@H]2CCCO2)cs1. The summed E-state index contributed by atoms with van der Waals surface area (Å²) in [6.45, 7) is 4.83. The summed E-state index contributed by atoms with van der Waals surface area (Å²) in [6, 6.07) is 2.01. The average molecular weight is 239 g/mol. The zero-order valence-electron chi connectivity index (χ0n) is 9.66. The maximum atomic E-state index is 11.9. The van der Waals surface area contributed by atoms with Gasteiger partial charge < -0.3 is 10.1 Å². The fourth-order valence-corrected chi connectivity index (χ4v) is 2.63. The Hall–Kier alpha value is -0.870. The van der Waals surface area contributed by atoms with E-state index in [0.29, 0.717) is 0 Å². The van der Waals surface area contributed by atoms with E-state index in [4.69, 9.17) is 4.74 Å². The molecule has 0 radical (unpaired) electrons. The van der Waals surface area contributed by atoms with Crippen LogP contribution >= 0.6 is 11.3 Å². The first-order valence-electron chi connectivity index (χ1n) is 5.64. The maximum Gasteiger partial charge on any atom is 0.252 e. The van der Waals surface area contributed by atoms with Crippen LogP contribution in [-0.2, 0) is 4.74 Å². The molecule has 2 atom stereocenters. The number of rotatable bonds is 3. The highest BCUT2D eigenvalue weighted by atomic mass is 32.1. The van der Waals surface area contributed by atoms with Gasteiger partial charge in [-0.3, -0.25) is 4.79 Å².